The number of anilines is 1. The summed E-state index contributed by atoms with van der Waals surface area (Å²) in [6.45, 7) is 0.483. The zero-order chi connectivity index (χ0) is 21.3. The standard InChI is InChI=1S/C22H20ClFN2O3S/c1-28-18-6-5-14(9-19(18)29-2)22-25-16(12-30-22)11-20(27)26-7-3-4-13-8-15(23)10-17(24)21(13)26/h5-6,8-10,12H,3-4,7,11H2,1-2H3. The maximum absolute atomic E-state index is 14.5. The number of carbonyl (C=O) groups is 1. The number of nitrogens with zero attached hydrogens (tertiary/aromatic N) is 2. The summed E-state index contributed by atoms with van der Waals surface area (Å²) in [5, 5.41) is 2.97. The Morgan fingerprint density at radius 3 is 2.80 bits per heavy atom. The SMILES string of the molecule is COc1ccc(-c2nc(CC(=O)N3CCCc4cc(Cl)cc(F)c43)cs2)cc1OC. The maximum atomic E-state index is 14.5. The Balaban J connectivity index is 1.55. The lowest BCUT2D eigenvalue weighted by atomic mass is 10.0. The van der Waals surface area contributed by atoms with Crippen molar-refractivity contribution in [2.75, 3.05) is 25.7 Å². The van der Waals surface area contributed by atoms with Crippen molar-refractivity contribution in [1.29, 1.82) is 0 Å². The van der Waals surface area contributed by atoms with E-state index in [1.54, 1.807) is 20.3 Å². The molecule has 0 N–H and O–H groups in total. The van der Waals surface area contributed by atoms with Crippen LogP contribution in [-0.4, -0.2) is 31.7 Å². The predicted octanol–water partition coefficient (Wildman–Crippen LogP) is 5.14. The van der Waals surface area contributed by atoms with Crippen LogP contribution in [0.2, 0.25) is 5.02 Å². The van der Waals surface area contributed by atoms with Gasteiger partial charge in [0.1, 0.15) is 10.8 Å². The second-order valence-corrected chi connectivity index (χ2v) is 8.23. The van der Waals surface area contributed by atoms with Gasteiger partial charge in [0.15, 0.2) is 11.5 Å². The zero-order valence-corrected chi connectivity index (χ0v) is 18.1. The second kappa shape index (κ2) is 8.62. The van der Waals surface area contributed by atoms with E-state index in [1.165, 1.54) is 22.3 Å². The minimum atomic E-state index is -0.463. The molecule has 0 bridgehead atoms. The second-order valence-electron chi connectivity index (χ2n) is 6.93. The Labute approximate surface area is 183 Å². The van der Waals surface area contributed by atoms with Crippen LogP contribution in [0.4, 0.5) is 10.1 Å². The van der Waals surface area contributed by atoms with Gasteiger partial charge >= 0.3 is 0 Å². The first-order valence-electron chi connectivity index (χ1n) is 9.45. The molecule has 156 valence electrons. The molecule has 0 fully saturated rings. The summed E-state index contributed by atoms with van der Waals surface area (Å²) in [7, 11) is 3.16. The van der Waals surface area contributed by atoms with E-state index in [0.29, 0.717) is 40.9 Å². The van der Waals surface area contributed by atoms with Crippen LogP contribution in [0.3, 0.4) is 0 Å². The van der Waals surface area contributed by atoms with E-state index < -0.39 is 5.82 Å². The fourth-order valence-corrected chi connectivity index (χ4v) is 4.69. The van der Waals surface area contributed by atoms with Gasteiger partial charge in [0, 0.05) is 22.5 Å². The van der Waals surface area contributed by atoms with Gasteiger partial charge in [-0.05, 0) is 48.7 Å². The van der Waals surface area contributed by atoms with E-state index in [4.69, 9.17) is 21.1 Å². The Bertz CT molecular complexity index is 1100. The summed E-state index contributed by atoms with van der Waals surface area (Å²) in [5.41, 5.74) is 2.63. The van der Waals surface area contributed by atoms with Crippen LogP contribution in [0.25, 0.3) is 10.6 Å². The Morgan fingerprint density at radius 2 is 2.03 bits per heavy atom. The molecule has 4 rings (SSSR count). The number of methoxy groups -OCH3 is 2. The number of aromatic nitrogens is 1. The molecule has 0 radical (unpaired) electrons. The number of fused-ring (bicyclic) bond motifs is 1. The molecule has 0 spiro atoms. The highest BCUT2D eigenvalue weighted by molar-refractivity contribution is 7.13. The van der Waals surface area contributed by atoms with E-state index >= 15 is 0 Å². The molecule has 1 aliphatic heterocycles. The van der Waals surface area contributed by atoms with Crippen LogP contribution in [0.1, 0.15) is 17.7 Å². The molecule has 3 aromatic rings. The highest BCUT2D eigenvalue weighted by Crippen LogP contribution is 2.35. The van der Waals surface area contributed by atoms with Gasteiger partial charge in [0.05, 0.1) is 32.0 Å². The van der Waals surface area contributed by atoms with Crippen molar-refractivity contribution in [3.63, 3.8) is 0 Å². The van der Waals surface area contributed by atoms with Crippen LogP contribution in [0.15, 0.2) is 35.7 Å². The zero-order valence-electron chi connectivity index (χ0n) is 16.6. The van der Waals surface area contributed by atoms with E-state index in [9.17, 15) is 9.18 Å². The summed E-state index contributed by atoms with van der Waals surface area (Å²) in [6, 6.07) is 8.55. The monoisotopic (exact) mass is 446 g/mol. The molecular weight excluding hydrogens is 427 g/mol. The number of benzene rings is 2. The summed E-state index contributed by atoms with van der Waals surface area (Å²) in [5.74, 6) is 0.608. The first-order valence-corrected chi connectivity index (χ1v) is 10.7. The summed E-state index contributed by atoms with van der Waals surface area (Å²) < 4.78 is 25.1. The fourth-order valence-electron chi connectivity index (χ4n) is 3.64. The molecule has 2 heterocycles. The van der Waals surface area contributed by atoms with Crippen LogP contribution in [-0.2, 0) is 17.6 Å². The van der Waals surface area contributed by atoms with Crippen molar-refractivity contribution >= 4 is 34.5 Å². The Morgan fingerprint density at radius 1 is 1.23 bits per heavy atom. The summed E-state index contributed by atoms with van der Waals surface area (Å²) in [4.78, 5) is 19.1. The van der Waals surface area contributed by atoms with Gasteiger partial charge < -0.3 is 14.4 Å². The van der Waals surface area contributed by atoms with Gasteiger partial charge in [-0.1, -0.05) is 11.6 Å². The molecule has 1 aliphatic rings. The van der Waals surface area contributed by atoms with Gasteiger partial charge in [-0.25, -0.2) is 9.37 Å². The number of thiazole rings is 1. The van der Waals surface area contributed by atoms with Gasteiger partial charge in [0.25, 0.3) is 0 Å². The highest BCUT2D eigenvalue weighted by Gasteiger charge is 2.27. The first-order chi connectivity index (χ1) is 14.5. The lowest BCUT2D eigenvalue weighted by Gasteiger charge is -2.30. The van der Waals surface area contributed by atoms with Crippen molar-refractivity contribution in [1.82, 2.24) is 4.98 Å². The van der Waals surface area contributed by atoms with Crippen molar-refractivity contribution in [2.24, 2.45) is 0 Å². The number of carbonyl (C=O) groups excluding carboxylic acids is 1. The van der Waals surface area contributed by atoms with Gasteiger partial charge in [-0.15, -0.1) is 11.3 Å². The van der Waals surface area contributed by atoms with Crippen molar-refractivity contribution in [3.8, 4) is 22.1 Å². The quantitative estimate of drug-likeness (QED) is 0.544. The molecule has 0 aliphatic carbocycles. The predicted molar refractivity (Wildman–Crippen MR) is 116 cm³/mol. The average molecular weight is 447 g/mol. The first kappa shape index (κ1) is 20.6. The summed E-state index contributed by atoms with van der Waals surface area (Å²) in [6.07, 6.45) is 1.58. The maximum Gasteiger partial charge on any atom is 0.233 e. The molecule has 0 saturated heterocycles. The number of amides is 1. The molecule has 0 saturated carbocycles. The molecule has 0 unspecified atom stereocenters. The topological polar surface area (TPSA) is 51.7 Å². The molecule has 8 heteroatoms. The number of ether oxygens (including phenoxy) is 2. The van der Waals surface area contributed by atoms with Crippen LogP contribution < -0.4 is 14.4 Å². The van der Waals surface area contributed by atoms with E-state index in [1.807, 2.05) is 23.6 Å². The molecule has 1 aromatic heterocycles. The molecule has 5 nitrogen and oxygen atoms in total. The van der Waals surface area contributed by atoms with Gasteiger partial charge in [-0.3, -0.25) is 4.79 Å². The van der Waals surface area contributed by atoms with E-state index in [-0.39, 0.29) is 12.3 Å². The number of hydrogen-bond donors (Lipinski definition) is 0. The van der Waals surface area contributed by atoms with Crippen LogP contribution in [0, 0.1) is 5.82 Å². The van der Waals surface area contributed by atoms with E-state index in [2.05, 4.69) is 4.98 Å². The van der Waals surface area contributed by atoms with Gasteiger partial charge in [-0.2, -0.15) is 0 Å². The minimum Gasteiger partial charge on any atom is -0.493 e. The number of hydrogen-bond acceptors (Lipinski definition) is 5. The number of aryl methyl sites for hydroxylation is 1. The molecular formula is C22H20ClFN2O3S. The van der Waals surface area contributed by atoms with Crippen molar-refractivity contribution in [2.45, 2.75) is 19.3 Å². The third-order valence-electron chi connectivity index (χ3n) is 5.02. The Kier molecular flexibility index (Phi) is 5.92. The van der Waals surface area contributed by atoms with Crippen LogP contribution in [0.5, 0.6) is 11.5 Å². The minimum absolute atomic E-state index is 0.102. The smallest absolute Gasteiger partial charge is 0.233 e. The largest absolute Gasteiger partial charge is 0.493 e. The molecule has 30 heavy (non-hydrogen) atoms. The highest BCUT2D eigenvalue weighted by atomic mass is 35.5. The summed E-state index contributed by atoms with van der Waals surface area (Å²) >= 11 is 7.42. The Hall–Kier alpha value is -2.64. The third kappa shape index (κ3) is 4.00. The van der Waals surface area contributed by atoms with Crippen LogP contribution >= 0.6 is 22.9 Å². The lowest BCUT2D eigenvalue weighted by molar-refractivity contribution is -0.118. The van der Waals surface area contributed by atoms with E-state index in [0.717, 1.165) is 22.6 Å². The average Bonchev–Trinajstić information content (AvgIpc) is 3.20. The number of halogens is 2. The lowest BCUT2D eigenvalue weighted by Crippen LogP contribution is -2.37. The normalized spacial score (nSPS) is 13.1. The third-order valence-corrected chi connectivity index (χ3v) is 6.18. The molecule has 0 atom stereocenters. The van der Waals surface area contributed by atoms with Crippen molar-refractivity contribution < 1.29 is 18.7 Å². The molecule has 2 aromatic carbocycles. The van der Waals surface area contributed by atoms with Gasteiger partial charge in [0.2, 0.25) is 5.91 Å². The fraction of sp³-hybridized carbons (Fsp3) is 0.273. The number of rotatable bonds is 5. The molecule has 1 amide bonds. The van der Waals surface area contributed by atoms with Crippen molar-refractivity contribution in [3.05, 3.63) is 57.8 Å².